The summed E-state index contributed by atoms with van der Waals surface area (Å²) < 4.78 is 12.4. The van der Waals surface area contributed by atoms with Gasteiger partial charge in [0.1, 0.15) is 5.75 Å². The van der Waals surface area contributed by atoms with Crippen LogP contribution in [0.2, 0.25) is 0 Å². The number of carbonyl (C=O) groups is 1. The van der Waals surface area contributed by atoms with Crippen molar-refractivity contribution in [3.8, 4) is 11.8 Å². The second-order valence-electron chi connectivity index (χ2n) is 10.6. The molecule has 40 heavy (non-hydrogen) atoms. The van der Waals surface area contributed by atoms with Gasteiger partial charge < -0.3 is 19.3 Å². The number of ether oxygens (including phenoxy) is 2. The molecule has 0 unspecified atom stereocenters. The van der Waals surface area contributed by atoms with Crippen LogP contribution in [0.4, 0.5) is 5.69 Å². The van der Waals surface area contributed by atoms with Gasteiger partial charge in [0.2, 0.25) is 0 Å². The average Bonchev–Trinajstić information content (AvgIpc) is 3.55. The van der Waals surface area contributed by atoms with E-state index in [2.05, 4.69) is 40.1 Å². The Morgan fingerprint density at radius 1 is 0.900 bits per heavy atom. The largest absolute Gasteiger partial charge is 0.481 e. The summed E-state index contributed by atoms with van der Waals surface area (Å²) in [5.41, 5.74) is 4.11. The lowest BCUT2D eigenvalue weighted by Crippen LogP contribution is -2.52. The van der Waals surface area contributed by atoms with Crippen LogP contribution in [-0.2, 0) is 16.1 Å². The van der Waals surface area contributed by atoms with E-state index in [0.29, 0.717) is 31.0 Å². The molecule has 2 atom stereocenters. The van der Waals surface area contributed by atoms with Crippen LogP contribution in [0.5, 0.6) is 5.75 Å². The highest BCUT2D eigenvalue weighted by Gasteiger charge is 2.28. The van der Waals surface area contributed by atoms with Gasteiger partial charge >= 0.3 is 0 Å². The molecule has 3 aromatic rings. The second-order valence-corrected chi connectivity index (χ2v) is 10.6. The first-order chi connectivity index (χ1) is 19.6. The summed E-state index contributed by atoms with van der Waals surface area (Å²) in [5, 5.41) is 9.12. The molecule has 7 heteroatoms. The Morgan fingerprint density at radius 2 is 1.62 bits per heavy atom. The molecule has 208 valence electrons. The first-order valence-corrected chi connectivity index (χ1v) is 14.3. The molecular formula is C33H38N4O3. The lowest BCUT2D eigenvalue weighted by molar-refractivity contribution is -0.140. The quantitative estimate of drug-likeness (QED) is 0.361. The van der Waals surface area contributed by atoms with Gasteiger partial charge in [0.25, 0.3) is 5.91 Å². The van der Waals surface area contributed by atoms with Crippen molar-refractivity contribution in [2.45, 2.75) is 38.6 Å². The highest BCUT2D eigenvalue weighted by molar-refractivity contribution is 5.81. The maximum Gasteiger partial charge on any atom is 0.263 e. The van der Waals surface area contributed by atoms with E-state index in [-0.39, 0.29) is 12.0 Å². The molecule has 0 bridgehead atoms. The van der Waals surface area contributed by atoms with Gasteiger partial charge in [-0.1, -0.05) is 42.5 Å². The third-order valence-corrected chi connectivity index (χ3v) is 7.76. The van der Waals surface area contributed by atoms with E-state index >= 15 is 0 Å². The monoisotopic (exact) mass is 538 g/mol. The van der Waals surface area contributed by atoms with Gasteiger partial charge in [-0.15, -0.1) is 0 Å². The minimum atomic E-state index is -0.522. The lowest BCUT2D eigenvalue weighted by atomic mass is 10.1. The topological polar surface area (TPSA) is 69.0 Å². The normalized spacial score (nSPS) is 17.3. The molecule has 0 spiro atoms. The second kappa shape index (κ2) is 13.5. The zero-order valence-electron chi connectivity index (χ0n) is 23.2. The zero-order valence-corrected chi connectivity index (χ0v) is 23.2. The minimum absolute atomic E-state index is 0.0235. The van der Waals surface area contributed by atoms with Gasteiger partial charge in [0.15, 0.2) is 6.10 Å². The fourth-order valence-electron chi connectivity index (χ4n) is 5.42. The Balaban J connectivity index is 1.22. The summed E-state index contributed by atoms with van der Waals surface area (Å²) >= 11 is 0. The van der Waals surface area contributed by atoms with Crippen LogP contribution in [0, 0.1) is 11.3 Å². The Bertz CT molecular complexity index is 1280. The number of hydrogen-bond acceptors (Lipinski definition) is 6. The lowest BCUT2D eigenvalue weighted by Gasteiger charge is -2.37. The van der Waals surface area contributed by atoms with E-state index in [9.17, 15) is 4.79 Å². The van der Waals surface area contributed by atoms with Crippen molar-refractivity contribution in [2.75, 3.05) is 50.7 Å². The van der Waals surface area contributed by atoms with Crippen LogP contribution in [0.15, 0.2) is 78.9 Å². The van der Waals surface area contributed by atoms with Gasteiger partial charge in [0, 0.05) is 51.5 Å². The predicted octanol–water partition coefficient (Wildman–Crippen LogP) is 5.03. The molecule has 7 nitrogen and oxygen atoms in total. The molecule has 0 aromatic heterocycles. The Kier molecular flexibility index (Phi) is 9.33. The molecule has 2 saturated heterocycles. The summed E-state index contributed by atoms with van der Waals surface area (Å²) in [7, 11) is 0. The maximum absolute atomic E-state index is 13.1. The fraction of sp³-hybridized carbons (Fsp3) is 0.394. The van der Waals surface area contributed by atoms with Crippen LogP contribution in [-0.4, -0.2) is 67.6 Å². The SMILES string of the molecule is C[C@H](Oc1ccccc1)C(=O)N1CCN(C[C@H](OCc2ccc(C#N)cc2)c2cccc(N3CCCC3)c2)CC1. The van der Waals surface area contributed by atoms with Gasteiger partial charge in [-0.05, 0) is 67.3 Å². The summed E-state index contributed by atoms with van der Waals surface area (Å²) in [5.74, 6) is 0.732. The number of para-hydroxylation sites is 1. The van der Waals surface area contributed by atoms with Crippen LogP contribution >= 0.6 is 0 Å². The number of carbonyl (C=O) groups excluding carboxylic acids is 1. The number of hydrogen-bond donors (Lipinski definition) is 0. The molecule has 1 amide bonds. The van der Waals surface area contributed by atoms with E-state index in [0.717, 1.165) is 38.3 Å². The van der Waals surface area contributed by atoms with Crippen LogP contribution in [0.1, 0.15) is 42.6 Å². The average molecular weight is 539 g/mol. The highest BCUT2D eigenvalue weighted by Crippen LogP contribution is 2.28. The van der Waals surface area contributed by atoms with E-state index in [1.807, 2.05) is 66.4 Å². The van der Waals surface area contributed by atoms with Gasteiger partial charge in [-0.3, -0.25) is 9.69 Å². The molecule has 2 fully saturated rings. The number of amides is 1. The number of benzene rings is 3. The third-order valence-electron chi connectivity index (χ3n) is 7.76. The Hall–Kier alpha value is -3.86. The minimum Gasteiger partial charge on any atom is -0.481 e. The molecule has 0 aliphatic carbocycles. The highest BCUT2D eigenvalue weighted by atomic mass is 16.5. The van der Waals surface area contributed by atoms with E-state index < -0.39 is 6.10 Å². The van der Waals surface area contributed by atoms with Crippen molar-refractivity contribution < 1.29 is 14.3 Å². The van der Waals surface area contributed by atoms with Gasteiger partial charge in [0.05, 0.1) is 24.3 Å². The third kappa shape index (κ3) is 7.20. The standard InChI is InChI=1S/C33H38N4O3/c1-26(40-31-10-3-2-4-11-31)33(38)37-20-18-35(19-21-37)24-32(39-25-28-14-12-27(23-34)13-15-28)29-8-7-9-30(22-29)36-16-5-6-17-36/h2-4,7-15,22,26,32H,5-6,16-21,24-25H2,1H3/t26-,32-/m0/s1. The number of nitriles is 1. The first kappa shape index (κ1) is 27.7. The summed E-state index contributed by atoms with van der Waals surface area (Å²) in [6.45, 7) is 8.13. The smallest absolute Gasteiger partial charge is 0.263 e. The van der Waals surface area contributed by atoms with Crippen LogP contribution in [0.3, 0.4) is 0 Å². The molecule has 3 aromatic carbocycles. The Labute approximate surface area is 237 Å². The van der Waals surface area contributed by atoms with E-state index in [1.165, 1.54) is 24.1 Å². The van der Waals surface area contributed by atoms with Crippen molar-refractivity contribution >= 4 is 11.6 Å². The molecular weight excluding hydrogens is 500 g/mol. The van der Waals surface area contributed by atoms with Crippen molar-refractivity contribution in [2.24, 2.45) is 0 Å². The number of piperazine rings is 1. The fourth-order valence-corrected chi connectivity index (χ4v) is 5.42. The molecule has 2 aliphatic heterocycles. The summed E-state index contributed by atoms with van der Waals surface area (Å²) in [4.78, 5) is 19.8. The van der Waals surface area contributed by atoms with Crippen LogP contribution < -0.4 is 9.64 Å². The molecule has 5 rings (SSSR count). The molecule has 0 saturated carbocycles. The number of nitrogens with zero attached hydrogens (tertiary/aromatic N) is 4. The molecule has 0 radical (unpaired) electrons. The maximum atomic E-state index is 13.1. The number of anilines is 1. The predicted molar refractivity (Wildman–Crippen MR) is 156 cm³/mol. The summed E-state index contributed by atoms with van der Waals surface area (Å²) in [6, 6.07) is 28.0. The van der Waals surface area contributed by atoms with Crippen molar-refractivity contribution in [3.05, 3.63) is 95.6 Å². The van der Waals surface area contributed by atoms with Crippen molar-refractivity contribution in [1.29, 1.82) is 5.26 Å². The Morgan fingerprint density at radius 3 is 2.33 bits per heavy atom. The van der Waals surface area contributed by atoms with Gasteiger partial charge in [-0.2, -0.15) is 5.26 Å². The van der Waals surface area contributed by atoms with Crippen molar-refractivity contribution in [3.63, 3.8) is 0 Å². The van der Waals surface area contributed by atoms with E-state index in [1.54, 1.807) is 0 Å². The van der Waals surface area contributed by atoms with Crippen molar-refractivity contribution in [1.82, 2.24) is 9.80 Å². The first-order valence-electron chi connectivity index (χ1n) is 14.3. The van der Waals surface area contributed by atoms with Gasteiger partial charge in [-0.25, -0.2) is 0 Å². The molecule has 2 aliphatic rings. The zero-order chi connectivity index (χ0) is 27.7. The van der Waals surface area contributed by atoms with E-state index in [4.69, 9.17) is 14.7 Å². The summed E-state index contributed by atoms with van der Waals surface area (Å²) in [6.07, 6.45) is 1.84. The number of rotatable bonds is 10. The molecule has 0 N–H and O–H groups in total. The molecule has 2 heterocycles. The van der Waals surface area contributed by atoms with Crippen LogP contribution in [0.25, 0.3) is 0 Å².